The van der Waals surface area contributed by atoms with Gasteiger partial charge in [0.05, 0.1) is 9.96 Å². The average molecular weight is 264 g/mol. The van der Waals surface area contributed by atoms with Crippen molar-refractivity contribution in [2.24, 2.45) is 0 Å². The topological polar surface area (TPSA) is 55.1 Å². The van der Waals surface area contributed by atoms with E-state index in [4.69, 9.17) is 5.73 Å². The molecule has 5 heteroatoms. The number of nitrogen functional groups attached to an aromatic ring is 1. The number of anilines is 2. The van der Waals surface area contributed by atoms with E-state index in [1.54, 1.807) is 35.6 Å². The third-order valence-electron chi connectivity index (χ3n) is 2.04. The number of nitrogens with one attached hydrogen (secondary N) is 1. The smallest absolute Gasteiger partial charge is 0.234 e. The standard InChI is InChI=1S/C12H12N2OS2/c13-9-3-5-10(6-4-9)14-11(15)8-17-12-2-1-7-16-12/h1-7H,8,13H2,(H,14,15). The van der Waals surface area contributed by atoms with Gasteiger partial charge in [0.2, 0.25) is 5.91 Å². The predicted octanol–water partition coefficient (Wildman–Crippen LogP) is 3.06. The van der Waals surface area contributed by atoms with Gasteiger partial charge < -0.3 is 11.1 Å². The average Bonchev–Trinajstić information content (AvgIpc) is 2.83. The maximum Gasteiger partial charge on any atom is 0.234 e. The van der Waals surface area contributed by atoms with E-state index >= 15 is 0 Å². The van der Waals surface area contributed by atoms with Crippen molar-refractivity contribution in [2.45, 2.75) is 4.21 Å². The van der Waals surface area contributed by atoms with Gasteiger partial charge in [-0.1, -0.05) is 6.07 Å². The lowest BCUT2D eigenvalue weighted by Gasteiger charge is -2.04. The number of rotatable bonds is 4. The zero-order valence-electron chi connectivity index (χ0n) is 9.05. The minimum atomic E-state index is -0.00632. The van der Waals surface area contributed by atoms with Gasteiger partial charge in [-0.2, -0.15) is 0 Å². The van der Waals surface area contributed by atoms with Crippen molar-refractivity contribution in [1.82, 2.24) is 0 Å². The molecule has 2 rings (SSSR count). The third-order valence-corrected chi connectivity index (χ3v) is 4.17. The van der Waals surface area contributed by atoms with Crippen LogP contribution in [-0.4, -0.2) is 11.7 Å². The zero-order valence-corrected chi connectivity index (χ0v) is 10.7. The molecule has 1 amide bonds. The van der Waals surface area contributed by atoms with E-state index in [2.05, 4.69) is 5.32 Å². The van der Waals surface area contributed by atoms with E-state index < -0.39 is 0 Å². The highest BCUT2D eigenvalue weighted by atomic mass is 32.2. The van der Waals surface area contributed by atoms with Crippen LogP contribution < -0.4 is 11.1 Å². The number of hydrogen-bond acceptors (Lipinski definition) is 4. The van der Waals surface area contributed by atoms with Crippen molar-refractivity contribution in [3.8, 4) is 0 Å². The molecule has 3 nitrogen and oxygen atoms in total. The summed E-state index contributed by atoms with van der Waals surface area (Å²) in [6.45, 7) is 0. The van der Waals surface area contributed by atoms with Gasteiger partial charge in [-0.3, -0.25) is 4.79 Å². The summed E-state index contributed by atoms with van der Waals surface area (Å²) in [4.78, 5) is 11.6. The molecule has 1 aromatic heterocycles. The number of thiophene rings is 1. The normalized spacial score (nSPS) is 10.1. The van der Waals surface area contributed by atoms with E-state index in [1.165, 1.54) is 11.8 Å². The lowest BCUT2D eigenvalue weighted by molar-refractivity contribution is -0.113. The molecule has 0 radical (unpaired) electrons. The van der Waals surface area contributed by atoms with Gasteiger partial charge in [0.15, 0.2) is 0 Å². The van der Waals surface area contributed by atoms with E-state index in [-0.39, 0.29) is 5.91 Å². The summed E-state index contributed by atoms with van der Waals surface area (Å²) in [5.41, 5.74) is 7.03. The fourth-order valence-corrected chi connectivity index (χ4v) is 2.83. The number of benzene rings is 1. The Morgan fingerprint density at radius 2 is 2.06 bits per heavy atom. The number of hydrogen-bond donors (Lipinski definition) is 2. The van der Waals surface area contributed by atoms with E-state index in [0.29, 0.717) is 11.4 Å². The first-order valence-corrected chi connectivity index (χ1v) is 6.92. The number of carbonyl (C=O) groups is 1. The van der Waals surface area contributed by atoms with Gasteiger partial charge in [0, 0.05) is 11.4 Å². The summed E-state index contributed by atoms with van der Waals surface area (Å²) in [7, 11) is 0. The van der Waals surface area contributed by atoms with Crippen LogP contribution in [0.2, 0.25) is 0 Å². The summed E-state index contributed by atoms with van der Waals surface area (Å²) in [5, 5.41) is 4.82. The van der Waals surface area contributed by atoms with Gasteiger partial charge in [-0.05, 0) is 35.7 Å². The molecule has 2 aromatic rings. The monoisotopic (exact) mass is 264 g/mol. The zero-order chi connectivity index (χ0) is 12.1. The van der Waals surface area contributed by atoms with Gasteiger partial charge in [0.25, 0.3) is 0 Å². The maximum absolute atomic E-state index is 11.6. The Bertz CT molecular complexity index is 480. The molecule has 3 N–H and O–H groups in total. The highest BCUT2D eigenvalue weighted by Gasteiger charge is 2.03. The Kier molecular flexibility index (Phi) is 4.06. The third kappa shape index (κ3) is 3.80. The predicted molar refractivity (Wildman–Crippen MR) is 74.5 cm³/mol. The van der Waals surface area contributed by atoms with Gasteiger partial charge >= 0.3 is 0 Å². The van der Waals surface area contributed by atoms with Crippen molar-refractivity contribution in [1.29, 1.82) is 0 Å². The summed E-state index contributed by atoms with van der Waals surface area (Å²) in [6.07, 6.45) is 0. The maximum atomic E-state index is 11.6. The van der Waals surface area contributed by atoms with Crippen molar-refractivity contribution in [3.63, 3.8) is 0 Å². The second kappa shape index (κ2) is 5.75. The molecule has 1 aromatic carbocycles. The minimum Gasteiger partial charge on any atom is -0.399 e. The largest absolute Gasteiger partial charge is 0.399 e. The first-order valence-electron chi connectivity index (χ1n) is 5.06. The van der Waals surface area contributed by atoms with Crippen molar-refractivity contribution < 1.29 is 4.79 Å². The van der Waals surface area contributed by atoms with Crippen LogP contribution in [0.5, 0.6) is 0 Å². The van der Waals surface area contributed by atoms with Gasteiger partial charge in [-0.25, -0.2) is 0 Å². The highest BCUT2D eigenvalue weighted by Crippen LogP contribution is 2.23. The van der Waals surface area contributed by atoms with Crippen LogP contribution in [0.4, 0.5) is 11.4 Å². The molecule has 0 fully saturated rings. The van der Waals surface area contributed by atoms with Crippen molar-refractivity contribution >= 4 is 40.4 Å². The summed E-state index contributed by atoms with van der Waals surface area (Å²) in [5.74, 6) is 0.415. The quantitative estimate of drug-likeness (QED) is 0.659. The highest BCUT2D eigenvalue weighted by molar-refractivity contribution is 8.01. The molecule has 0 aliphatic rings. The summed E-state index contributed by atoms with van der Waals surface area (Å²) in [6, 6.07) is 11.1. The molecule has 0 unspecified atom stereocenters. The summed E-state index contributed by atoms with van der Waals surface area (Å²) < 4.78 is 1.15. The Hall–Kier alpha value is -1.46. The molecule has 0 atom stereocenters. The molecule has 0 saturated heterocycles. The Morgan fingerprint density at radius 1 is 1.29 bits per heavy atom. The molecule has 0 aliphatic heterocycles. The number of thioether (sulfide) groups is 1. The van der Waals surface area contributed by atoms with E-state index in [0.717, 1.165) is 9.90 Å². The molecule has 88 valence electrons. The molecular formula is C12H12N2OS2. The molecule has 0 aliphatic carbocycles. The van der Waals surface area contributed by atoms with Crippen molar-refractivity contribution in [3.05, 3.63) is 41.8 Å². The molecule has 0 saturated carbocycles. The second-order valence-corrected chi connectivity index (χ2v) is 5.61. The number of amides is 1. The SMILES string of the molecule is Nc1ccc(NC(=O)CSc2cccs2)cc1. The number of carbonyl (C=O) groups excluding carboxylic acids is 1. The van der Waals surface area contributed by atoms with Crippen LogP contribution in [0.25, 0.3) is 0 Å². The Labute approximate surface area is 108 Å². The van der Waals surface area contributed by atoms with Crippen LogP contribution >= 0.6 is 23.1 Å². The lowest BCUT2D eigenvalue weighted by Crippen LogP contribution is -2.13. The van der Waals surface area contributed by atoms with E-state index in [9.17, 15) is 4.79 Å². The van der Waals surface area contributed by atoms with Crippen LogP contribution in [-0.2, 0) is 4.79 Å². The van der Waals surface area contributed by atoms with Crippen LogP contribution in [0.1, 0.15) is 0 Å². The lowest BCUT2D eigenvalue weighted by atomic mass is 10.3. The van der Waals surface area contributed by atoms with Gasteiger partial charge in [0.1, 0.15) is 0 Å². The van der Waals surface area contributed by atoms with Crippen molar-refractivity contribution in [2.75, 3.05) is 16.8 Å². The number of nitrogens with two attached hydrogens (primary N) is 1. The van der Waals surface area contributed by atoms with Crippen LogP contribution in [0, 0.1) is 0 Å². The first-order chi connectivity index (χ1) is 8.24. The molecule has 17 heavy (non-hydrogen) atoms. The molecule has 0 bridgehead atoms. The summed E-state index contributed by atoms with van der Waals surface area (Å²) >= 11 is 3.18. The van der Waals surface area contributed by atoms with Crippen LogP contribution in [0.15, 0.2) is 46.0 Å². The molecule has 1 heterocycles. The minimum absolute atomic E-state index is 0.00632. The Morgan fingerprint density at radius 3 is 2.71 bits per heavy atom. The van der Waals surface area contributed by atoms with Gasteiger partial charge in [-0.15, -0.1) is 23.1 Å². The fraction of sp³-hybridized carbons (Fsp3) is 0.0833. The fourth-order valence-electron chi connectivity index (χ4n) is 1.25. The second-order valence-electron chi connectivity index (χ2n) is 3.39. The molecule has 0 spiro atoms. The van der Waals surface area contributed by atoms with E-state index in [1.807, 2.05) is 17.5 Å². The Balaban J connectivity index is 1.83. The molecular weight excluding hydrogens is 252 g/mol. The van der Waals surface area contributed by atoms with Crippen LogP contribution in [0.3, 0.4) is 0 Å². The first kappa shape index (κ1) is 12.0.